The molecule has 7 nitrogen and oxygen atoms in total. The standard InChI is InChI=1S/C20H22ClN3O4/c1-12-7-9-14(10-8-12)23-19(26)13(2)28-18(25)11-17(24-20(22)27)15-5-3-4-6-16(15)21/h3-10,13,17H,11H2,1-2H3,(H,23,26)(H3,22,24,27)/t13-,17-/m1/s1. The largest absolute Gasteiger partial charge is 0.452 e. The van der Waals surface area contributed by atoms with Crippen LogP contribution in [0.1, 0.15) is 30.5 Å². The maximum Gasteiger partial charge on any atom is 0.312 e. The zero-order valence-corrected chi connectivity index (χ0v) is 16.3. The molecule has 2 aromatic rings. The Labute approximate surface area is 168 Å². The summed E-state index contributed by atoms with van der Waals surface area (Å²) in [7, 11) is 0. The highest BCUT2D eigenvalue weighted by Gasteiger charge is 2.24. The lowest BCUT2D eigenvalue weighted by Crippen LogP contribution is -2.36. The number of nitrogens with two attached hydrogens (primary N) is 1. The van der Waals surface area contributed by atoms with E-state index in [0.717, 1.165) is 5.56 Å². The Morgan fingerprint density at radius 1 is 1.11 bits per heavy atom. The molecule has 0 saturated carbocycles. The first-order valence-electron chi connectivity index (χ1n) is 8.63. The molecule has 0 aliphatic heterocycles. The van der Waals surface area contributed by atoms with Gasteiger partial charge in [0.1, 0.15) is 0 Å². The monoisotopic (exact) mass is 403 g/mol. The van der Waals surface area contributed by atoms with E-state index in [1.165, 1.54) is 6.92 Å². The van der Waals surface area contributed by atoms with Gasteiger partial charge in [0.05, 0.1) is 12.5 Å². The summed E-state index contributed by atoms with van der Waals surface area (Å²) in [5, 5.41) is 5.52. The molecule has 0 aromatic heterocycles. The summed E-state index contributed by atoms with van der Waals surface area (Å²) >= 11 is 6.14. The van der Waals surface area contributed by atoms with E-state index in [2.05, 4.69) is 10.6 Å². The summed E-state index contributed by atoms with van der Waals surface area (Å²) in [6.07, 6.45) is -1.25. The minimum atomic E-state index is -1.02. The quantitative estimate of drug-likeness (QED) is 0.616. The van der Waals surface area contributed by atoms with Crippen LogP contribution in [0.3, 0.4) is 0 Å². The van der Waals surface area contributed by atoms with Crippen molar-refractivity contribution in [2.24, 2.45) is 5.73 Å². The number of rotatable bonds is 7. The van der Waals surface area contributed by atoms with Crippen molar-refractivity contribution in [2.45, 2.75) is 32.4 Å². The van der Waals surface area contributed by atoms with Crippen LogP contribution in [0, 0.1) is 6.92 Å². The SMILES string of the molecule is Cc1ccc(NC(=O)[C@@H](C)OC(=O)C[C@@H](NC(N)=O)c2ccccc2Cl)cc1. The summed E-state index contributed by atoms with van der Waals surface area (Å²) in [5.41, 5.74) is 7.38. The van der Waals surface area contributed by atoms with E-state index in [1.807, 2.05) is 19.1 Å². The van der Waals surface area contributed by atoms with Crippen LogP contribution in [0.4, 0.5) is 10.5 Å². The molecule has 0 unspecified atom stereocenters. The molecule has 0 fully saturated rings. The summed E-state index contributed by atoms with van der Waals surface area (Å²) in [4.78, 5) is 35.8. The molecule has 0 bridgehead atoms. The van der Waals surface area contributed by atoms with Gasteiger partial charge in [0.2, 0.25) is 0 Å². The molecule has 4 N–H and O–H groups in total. The Balaban J connectivity index is 1.99. The van der Waals surface area contributed by atoms with Gasteiger partial charge in [0, 0.05) is 10.7 Å². The first-order chi connectivity index (χ1) is 13.3. The van der Waals surface area contributed by atoms with Crippen LogP contribution in [0.15, 0.2) is 48.5 Å². The molecule has 148 valence electrons. The van der Waals surface area contributed by atoms with Crippen molar-refractivity contribution in [1.82, 2.24) is 5.32 Å². The van der Waals surface area contributed by atoms with Gasteiger partial charge in [-0.3, -0.25) is 9.59 Å². The molecule has 8 heteroatoms. The minimum absolute atomic E-state index is 0.227. The number of esters is 1. The topological polar surface area (TPSA) is 111 Å². The minimum Gasteiger partial charge on any atom is -0.452 e. The van der Waals surface area contributed by atoms with Gasteiger partial charge in [-0.05, 0) is 37.6 Å². The number of ether oxygens (including phenoxy) is 1. The molecule has 0 saturated heterocycles. The molecule has 3 amide bonds. The average molecular weight is 404 g/mol. The molecule has 2 atom stereocenters. The maximum absolute atomic E-state index is 12.3. The molecular formula is C20H22ClN3O4. The number of aryl methyl sites for hydroxylation is 1. The highest BCUT2D eigenvalue weighted by atomic mass is 35.5. The van der Waals surface area contributed by atoms with Gasteiger partial charge in [0.25, 0.3) is 5.91 Å². The number of hydrogen-bond acceptors (Lipinski definition) is 4. The Morgan fingerprint density at radius 2 is 1.75 bits per heavy atom. The van der Waals surface area contributed by atoms with E-state index < -0.39 is 30.1 Å². The van der Waals surface area contributed by atoms with E-state index in [-0.39, 0.29) is 6.42 Å². The normalized spacial score (nSPS) is 12.5. The Hall–Kier alpha value is -3.06. The van der Waals surface area contributed by atoms with Crippen molar-refractivity contribution in [3.05, 3.63) is 64.7 Å². The maximum atomic E-state index is 12.3. The van der Waals surface area contributed by atoms with Crippen molar-refractivity contribution in [2.75, 3.05) is 5.32 Å². The fourth-order valence-corrected chi connectivity index (χ4v) is 2.78. The molecule has 2 rings (SSSR count). The first-order valence-corrected chi connectivity index (χ1v) is 9.01. The summed E-state index contributed by atoms with van der Waals surface area (Å²) in [6.45, 7) is 3.40. The van der Waals surface area contributed by atoms with E-state index in [1.54, 1.807) is 36.4 Å². The number of carbonyl (C=O) groups excluding carboxylic acids is 3. The lowest BCUT2D eigenvalue weighted by atomic mass is 10.0. The molecule has 0 radical (unpaired) electrons. The van der Waals surface area contributed by atoms with Gasteiger partial charge in [-0.2, -0.15) is 0 Å². The molecule has 28 heavy (non-hydrogen) atoms. The zero-order chi connectivity index (χ0) is 20.7. The van der Waals surface area contributed by atoms with Gasteiger partial charge in [-0.1, -0.05) is 47.5 Å². The van der Waals surface area contributed by atoms with E-state index in [4.69, 9.17) is 22.1 Å². The van der Waals surface area contributed by atoms with Crippen molar-refractivity contribution in [1.29, 1.82) is 0 Å². The molecule has 0 aliphatic carbocycles. The van der Waals surface area contributed by atoms with Gasteiger partial charge in [0.15, 0.2) is 6.10 Å². The van der Waals surface area contributed by atoms with Crippen LogP contribution in [-0.4, -0.2) is 24.0 Å². The molecule has 2 aromatic carbocycles. The molecule has 0 aliphatic rings. The third-order valence-electron chi connectivity index (χ3n) is 3.96. The van der Waals surface area contributed by atoms with Crippen molar-refractivity contribution >= 4 is 35.2 Å². The van der Waals surface area contributed by atoms with Crippen LogP contribution < -0.4 is 16.4 Å². The summed E-state index contributed by atoms with van der Waals surface area (Å²) < 4.78 is 5.20. The smallest absolute Gasteiger partial charge is 0.312 e. The lowest BCUT2D eigenvalue weighted by Gasteiger charge is -2.20. The number of halogens is 1. The van der Waals surface area contributed by atoms with E-state index in [0.29, 0.717) is 16.3 Å². The van der Waals surface area contributed by atoms with Crippen LogP contribution in [-0.2, 0) is 14.3 Å². The summed E-state index contributed by atoms with van der Waals surface area (Å²) in [6, 6.07) is 12.4. The number of hydrogen-bond donors (Lipinski definition) is 3. The van der Waals surface area contributed by atoms with Crippen LogP contribution in [0.2, 0.25) is 5.02 Å². The first kappa shape index (κ1) is 21.2. The second-order valence-electron chi connectivity index (χ2n) is 6.27. The molecule has 0 spiro atoms. The molecular weight excluding hydrogens is 382 g/mol. The average Bonchev–Trinajstić information content (AvgIpc) is 2.63. The van der Waals surface area contributed by atoms with Gasteiger partial charge >= 0.3 is 12.0 Å². The van der Waals surface area contributed by atoms with Gasteiger partial charge in [-0.25, -0.2) is 4.79 Å². The number of urea groups is 1. The van der Waals surface area contributed by atoms with Crippen molar-refractivity contribution in [3.63, 3.8) is 0 Å². The van der Waals surface area contributed by atoms with E-state index in [9.17, 15) is 14.4 Å². The third kappa shape index (κ3) is 6.28. The number of primary amides is 1. The number of carbonyl (C=O) groups is 3. The number of benzene rings is 2. The van der Waals surface area contributed by atoms with Crippen molar-refractivity contribution in [3.8, 4) is 0 Å². The number of nitrogens with one attached hydrogen (secondary N) is 2. The Morgan fingerprint density at radius 3 is 2.36 bits per heavy atom. The lowest BCUT2D eigenvalue weighted by molar-refractivity contribution is -0.153. The predicted molar refractivity (Wildman–Crippen MR) is 107 cm³/mol. The number of anilines is 1. The third-order valence-corrected chi connectivity index (χ3v) is 4.31. The van der Waals surface area contributed by atoms with Crippen LogP contribution >= 0.6 is 11.6 Å². The fraction of sp³-hybridized carbons (Fsp3) is 0.250. The second-order valence-corrected chi connectivity index (χ2v) is 6.68. The second kappa shape index (κ2) is 9.75. The predicted octanol–water partition coefficient (Wildman–Crippen LogP) is 3.32. The summed E-state index contributed by atoms with van der Waals surface area (Å²) in [5.74, 6) is -1.14. The Bertz CT molecular complexity index is 855. The zero-order valence-electron chi connectivity index (χ0n) is 15.6. The van der Waals surface area contributed by atoms with Crippen LogP contribution in [0.25, 0.3) is 0 Å². The van der Waals surface area contributed by atoms with Crippen LogP contribution in [0.5, 0.6) is 0 Å². The fourth-order valence-electron chi connectivity index (χ4n) is 2.51. The highest BCUT2D eigenvalue weighted by molar-refractivity contribution is 6.31. The van der Waals surface area contributed by atoms with Gasteiger partial charge < -0.3 is 21.1 Å². The van der Waals surface area contributed by atoms with E-state index >= 15 is 0 Å². The highest BCUT2D eigenvalue weighted by Crippen LogP contribution is 2.25. The Kier molecular flexibility index (Phi) is 7.40. The molecule has 0 heterocycles. The van der Waals surface area contributed by atoms with Gasteiger partial charge in [-0.15, -0.1) is 0 Å². The van der Waals surface area contributed by atoms with Crippen molar-refractivity contribution < 1.29 is 19.1 Å². The number of amides is 3.